The van der Waals surface area contributed by atoms with Crippen molar-refractivity contribution in [3.8, 4) is 11.5 Å². The smallest absolute Gasteiger partial charge is 0.266 e. The zero-order valence-corrected chi connectivity index (χ0v) is 13.5. The van der Waals surface area contributed by atoms with Crippen LogP contribution in [0.15, 0.2) is 45.9 Å². The number of amides is 1. The fraction of sp³-hybridized carbons (Fsp3) is 0.125. The molecule has 116 valence electrons. The van der Waals surface area contributed by atoms with Crippen molar-refractivity contribution in [1.29, 1.82) is 0 Å². The highest BCUT2D eigenvalue weighted by atomic mass is 32.2. The molecule has 0 atom stereocenters. The van der Waals surface area contributed by atoms with E-state index in [1.54, 1.807) is 29.4 Å². The Morgan fingerprint density at radius 3 is 2.96 bits per heavy atom. The molecule has 1 fully saturated rings. The number of thioether (sulfide) groups is 1. The fourth-order valence-corrected chi connectivity index (χ4v) is 3.60. The summed E-state index contributed by atoms with van der Waals surface area (Å²) in [6, 6.07) is 9.19. The first-order chi connectivity index (χ1) is 11.2. The molecule has 1 aromatic carbocycles. The zero-order chi connectivity index (χ0) is 15.8. The van der Waals surface area contributed by atoms with Crippen molar-refractivity contribution >= 4 is 40.3 Å². The fourth-order valence-electron chi connectivity index (χ4n) is 2.36. The van der Waals surface area contributed by atoms with Crippen molar-refractivity contribution in [2.24, 2.45) is 0 Å². The van der Waals surface area contributed by atoms with Gasteiger partial charge < -0.3 is 13.9 Å². The number of rotatable bonds is 3. The van der Waals surface area contributed by atoms with Gasteiger partial charge in [0.25, 0.3) is 5.91 Å². The topological polar surface area (TPSA) is 51.9 Å². The molecular formula is C16H11NO4S2. The number of hydrogen-bond donors (Lipinski definition) is 0. The van der Waals surface area contributed by atoms with E-state index in [0.29, 0.717) is 27.3 Å². The summed E-state index contributed by atoms with van der Waals surface area (Å²) in [5.41, 5.74) is 0.935. The molecule has 0 saturated carbocycles. The predicted octanol–water partition coefficient (Wildman–Crippen LogP) is 3.41. The van der Waals surface area contributed by atoms with Gasteiger partial charge in [-0.05, 0) is 29.8 Å². The lowest BCUT2D eigenvalue weighted by Crippen LogP contribution is -2.27. The van der Waals surface area contributed by atoms with Crippen LogP contribution in [0, 0.1) is 0 Å². The molecule has 3 heterocycles. The van der Waals surface area contributed by atoms with Crippen LogP contribution in [0.25, 0.3) is 6.08 Å². The molecule has 0 N–H and O–H groups in total. The van der Waals surface area contributed by atoms with Crippen LogP contribution in [-0.2, 0) is 11.3 Å². The van der Waals surface area contributed by atoms with Crippen molar-refractivity contribution in [3.05, 3.63) is 52.8 Å². The Balaban J connectivity index is 1.55. The van der Waals surface area contributed by atoms with Crippen molar-refractivity contribution in [2.75, 3.05) is 6.79 Å². The molecule has 2 aliphatic rings. The van der Waals surface area contributed by atoms with E-state index in [2.05, 4.69) is 0 Å². The van der Waals surface area contributed by atoms with E-state index < -0.39 is 0 Å². The summed E-state index contributed by atoms with van der Waals surface area (Å²) in [6.45, 7) is 0.628. The number of ether oxygens (including phenoxy) is 2. The van der Waals surface area contributed by atoms with E-state index in [0.717, 1.165) is 11.3 Å². The van der Waals surface area contributed by atoms with E-state index in [1.165, 1.54) is 11.8 Å². The van der Waals surface area contributed by atoms with E-state index in [1.807, 2.05) is 18.2 Å². The number of benzene rings is 1. The lowest BCUT2D eigenvalue weighted by molar-refractivity contribution is -0.122. The minimum atomic E-state index is -0.117. The monoisotopic (exact) mass is 345 g/mol. The third kappa shape index (κ3) is 2.73. The second kappa shape index (κ2) is 5.75. The van der Waals surface area contributed by atoms with E-state index in [9.17, 15) is 4.79 Å². The highest BCUT2D eigenvalue weighted by molar-refractivity contribution is 8.26. The Bertz CT molecular complexity index is 813. The molecule has 2 aromatic rings. The third-order valence-corrected chi connectivity index (χ3v) is 4.85. The minimum absolute atomic E-state index is 0.117. The summed E-state index contributed by atoms with van der Waals surface area (Å²) < 4.78 is 16.4. The summed E-state index contributed by atoms with van der Waals surface area (Å²) in [7, 11) is 0. The number of nitrogens with zero attached hydrogens (tertiary/aromatic N) is 1. The van der Waals surface area contributed by atoms with Crippen LogP contribution in [0.3, 0.4) is 0 Å². The molecule has 1 amide bonds. The van der Waals surface area contributed by atoms with Crippen LogP contribution in [0.1, 0.15) is 11.3 Å². The minimum Gasteiger partial charge on any atom is -0.465 e. The molecule has 7 heteroatoms. The Hall–Kier alpha value is -2.25. The van der Waals surface area contributed by atoms with Crippen LogP contribution in [0.4, 0.5) is 0 Å². The highest BCUT2D eigenvalue weighted by Gasteiger charge is 2.32. The van der Waals surface area contributed by atoms with Gasteiger partial charge in [0.2, 0.25) is 6.79 Å². The Morgan fingerprint density at radius 1 is 1.26 bits per heavy atom. The highest BCUT2D eigenvalue weighted by Crippen LogP contribution is 2.36. The number of fused-ring (bicyclic) bond motifs is 1. The van der Waals surface area contributed by atoms with Gasteiger partial charge in [-0.1, -0.05) is 30.0 Å². The Labute approximate surface area is 141 Å². The standard InChI is InChI=1S/C16H11NO4S2/c18-15-14(7-11-2-1-5-19-11)23-16(22)17(15)8-10-3-4-12-13(6-10)21-9-20-12/h1-7H,8-9H2/b14-7+. The quantitative estimate of drug-likeness (QED) is 0.628. The molecule has 1 aromatic heterocycles. The lowest BCUT2D eigenvalue weighted by atomic mass is 10.2. The van der Waals surface area contributed by atoms with E-state index in [4.69, 9.17) is 26.1 Å². The maximum Gasteiger partial charge on any atom is 0.266 e. The number of carbonyl (C=O) groups excluding carboxylic acids is 1. The molecule has 0 bridgehead atoms. The lowest BCUT2D eigenvalue weighted by Gasteiger charge is -2.14. The maximum absolute atomic E-state index is 12.5. The number of thiocarbonyl (C=S) groups is 1. The Kier molecular flexibility index (Phi) is 3.59. The van der Waals surface area contributed by atoms with Crippen LogP contribution in [-0.4, -0.2) is 21.9 Å². The van der Waals surface area contributed by atoms with Gasteiger partial charge in [0, 0.05) is 6.08 Å². The van der Waals surface area contributed by atoms with Crippen molar-refractivity contribution in [3.63, 3.8) is 0 Å². The van der Waals surface area contributed by atoms with Crippen molar-refractivity contribution in [2.45, 2.75) is 6.54 Å². The summed E-state index contributed by atoms with van der Waals surface area (Å²) in [6.07, 6.45) is 3.28. The van der Waals surface area contributed by atoms with E-state index in [-0.39, 0.29) is 12.7 Å². The molecule has 0 aliphatic carbocycles. The van der Waals surface area contributed by atoms with Crippen LogP contribution in [0.5, 0.6) is 11.5 Å². The van der Waals surface area contributed by atoms with Gasteiger partial charge in [0.15, 0.2) is 11.5 Å². The van der Waals surface area contributed by atoms with Crippen LogP contribution in [0.2, 0.25) is 0 Å². The largest absolute Gasteiger partial charge is 0.465 e. The Morgan fingerprint density at radius 2 is 2.13 bits per heavy atom. The second-order valence-electron chi connectivity index (χ2n) is 4.97. The summed E-state index contributed by atoms with van der Waals surface area (Å²) in [5, 5.41) is 0. The van der Waals surface area contributed by atoms with Gasteiger partial charge >= 0.3 is 0 Å². The first-order valence-corrected chi connectivity index (χ1v) is 8.10. The molecule has 23 heavy (non-hydrogen) atoms. The summed E-state index contributed by atoms with van der Waals surface area (Å²) in [5.74, 6) is 1.93. The number of carbonyl (C=O) groups is 1. The SMILES string of the molecule is O=C1/C(=C\c2ccco2)SC(=S)N1Cc1ccc2c(c1)OCO2. The van der Waals surface area contributed by atoms with Gasteiger partial charge in [-0.3, -0.25) is 9.69 Å². The van der Waals surface area contributed by atoms with Gasteiger partial charge in [-0.25, -0.2) is 0 Å². The number of hydrogen-bond acceptors (Lipinski definition) is 6. The van der Waals surface area contributed by atoms with Crippen molar-refractivity contribution in [1.82, 2.24) is 4.90 Å². The first-order valence-electron chi connectivity index (χ1n) is 6.88. The normalized spacial score (nSPS) is 18.3. The van der Waals surface area contributed by atoms with Gasteiger partial charge in [0.05, 0.1) is 17.7 Å². The molecule has 0 spiro atoms. The molecule has 0 radical (unpaired) electrons. The molecule has 1 saturated heterocycles. The molecule has 2 aliphatic heterocycles. The third-order valence-electron chi connectivity index (χ3n) is 3.47. The molecule has 4 rings (SSSR count). The van der Waals surface area contributed by atoms with E-state index >= 15 is 0 Å². The molecule has 0 unspecified atom stereocenters. The number of furan rings is 1. The predicted molar refractivity (Wildman–Crippen MR) is 90.0 cm³/mol. The zero-order valence-electron chi connectivity index (χ0n) is 11.9. The van der Waals surface area contributed by atoms with Gasteiger partial charge in [-0.15, -0.1) is 0 Å². The van der Waals surface area contributed by atoms with Gasteiger partial charge in [0.1, 0.15) is 10.1 Å². The summed E-state index contributed by atoms with van der Waals surface area (Å²) >= 11 is 6.61. The van der Waals surface area contributed by atoms with Crippen LogP contribution < -0.4 is 9.47 Å². The summed E-state index contributed by atoms with van der Waals surface area (Å²) in [4.78, 5) is 14.7. The maximum atomic E-state index is 12.5. The second-order valence-corrected chi connectivity index (χ2v) is 6.65. The van der Waals surface area contributed by atoms with Crippen LogP contribution >= 0.6 is 24.0 Å². The molecule has 5 nitrogen and oxygen atoms in total. The van der Waals surface area contributed by atoms with Crippen molar-refractivity contribution < 1.29 is 18.7 Å². The first kappa shape index (κ1) is 14.3. The van der Waals surface area contributed by atoms with Gasteiger partial charge in [-0.2, -0.15) is 0 Å². The average molecular weight is 345 g/mol. The average Bonchev–Trinajstić information content (AvgIpc) is 3.25. The molecular weight excluding hydrogens is 334 g/mol.